The van der Waals surface area contributed by atoms with Gasteiger partial charge in [0.15, 0.2) is 10.8 Å². The molecule has 2 aromatic heterocycles. The summed E-state index contributed by atoms with van der Waals surface area (Å²) in [4.78, 5) is 4.09. The summed E-state index contributed by atoms with van der Waals surface area (Å²) in [5, 5.41) is 0.0271. The molecule has 1 unspecified atom stereocenters. The molecule has 0 saturated heterocycles. The fourth-order valence-corrected chi connectivity index (χ4v) is 4.12. The van der Waals surface area contributed by atoms with Crippen LogP contribution in [0.15, 0.2) is 29.4 Å². The van der Waals surface area contributed by atoms with Crippen molar-refractivity contribution in [1.82, 2.24) is 14.1 Å². The molecule has 0 spiro atoms. The molecule has 2 aromatic rings. The number of rotatable bonds is 4. The molecular formula is C13H18N4O2S. The van der Waals surface area contributed by atoms with E-state index in [1.165, 1.54) is 10.8 Å². The van der Waals surface area contributed by atoms with E-state index >= 15 is 0 Å². The number of sulfonamides is 1. The van der Waals surface area contributed by atoms with Gasteiger partial charge in [-0.25, -0.2) is 18.1 Å². The van der Waals surface area contributed by atoms with Crippen LogP contribution in [0.2, 0.25) is 0 Å². The number of fused-ring (bicyclic) bond motifs is 1. The number of imidazole rings is 1. The van der Waals surface area contributed by atoms with Crippen LogP contribution in [-0.2, 0) is 10.0 Å². The number of anilines is 1. The molecule has 0 radical (unpaired) electrons. The Morgan fingerprint density at radius 1 is 1.45 bits per heavy atom. The third-order valence-corrected chi connectivity index (χ3v) is 5.56. The van der Waals surface area contributed by atoms with Crippen molar-refractivity contribution in [3.8, 4) is 0 Å². The zero-order valence-corrected chi connectivity index (χ0v) is 12.1. The predicted molar refractivity (Wildman–Crippen MR) is 76.7 cm³/mol. The third kappa shape index (κ3) is 2.16. The van der Waals surface area contributed by atoms with Crippen molar-refractivity contribution < 1.29 is 8.42 Å². The Morgan fingerprint density at radius 2 is 2.20 bits per heavy atom. The summed E-state index contributed by atoms with van der Waals surface area (Å²) in [6, 6.07) is 5.19. The van der Waals surface area contributed by atoms with Gasteiger partial charge in [0, 0.05) is 12.2 Å². The van der Waals surface area contributed by atoms with Crippen LogP contribution in [0.25, 0.3) is 5.65 Å². The Labute approximate surface area is 118 Å². The molecular weight excluding hydrogens is 276 g/mol. The zero-order valence-electron chi connectivity index (χ0n) is 11.3. The first-order valence-electron chi connectivity index (χ1n) is 6.74. The highest BCUT2D eigenvalue weighted by atomic mass is 32.2. The topological polar surface area (TPSA) is 89.5 Å². The second kappa shape index (κ2) is 4.75. The minimum absolute atomic E-state index is 0.0271. The third-order valence-electron chi connectivity index (χ3n) is 3.96. The van der Waals surface area contributed by atoms with E-state index in [-0.39, 0.29) is 16.9 Å². The second-order valence-corrected chi connectivity index (χ2v) is 6.96. The zero-order chi connectivity index (χ0) is 14.3. The first-order valence-corrected chi connectivity index (χ1v) is 8.22. The number of hydrogen-bond donors (Lipinski definition) is 2. The van der Waals surface area contributed by atoms with Crippen LogP contribution in [0, 0.1) is 5.92 Å². The van der Waals surface area contributed by atoms with Crippen LogP contribution < -0.4 is 10.5 Å². The Kier molecular flexibility index (Phi) is 3.18. The van der Waals surface area contributed by atoms with Crippen molar-refractivity contribution in [3.05, 3.63) is 24.4 Å². The molecule has 1 fully saturated rings. The maximum atomic E-state index is 12.5. The molecule has 20 heavy (non-hydrogen) atoms. The van der Waals surface area contributed by atoms with Crippen LogP contribution in [-0.4, -0.2) is 23.8 Å². The maximum Gasteiger partial charge on any atom is 0.260 e. The van der Waals surface area contributed by atoms with Crippen LogP contribution >= 0.6 is 0 Å². The highest BCUT2D eigenvalue weighted by Gasteiger charge is 2.30. The normalized spacial score (nSPS) is 18.1. The highest BCUT2D eigenvalue weighted by Crippen LogP contribution is 2.30. The minimum Gasteiger partial charge on any atom is -0.381 e. The van der Waals surface area contributed by atoms with E-state index in [0.717, 1.165) is 12.8 Å². The molecule has 0 aromatic carbocycles. The first-order chi connectivity index (χ1) is 9.49. The van der Waals surface area contributed by atoms with E-state index in [0.29, 0.717) is 11.6 Å². The number of hydrogen-bond acceptors (Lipinski definition) is 4. The quantitative estimate of drug-likeness (QED) is 0.891. The molecule has 1 aliphatic rings. The molecule has 108 valence electrons. The Hall–Kier alpha value is -1.60. The minimum atomic E-state index is -3.67. The molecule has 0 bridgehead atoms. The Balaban J connectivity index is 1.98. The highest BCUT2D eigenvalue weighted by molar-refractivity contribution is 7.89. The lowest BCUT2D eigenvalue weighted by Crippen LogP contribution is -2.41. The lowest BCUT2D eigenvalue weighted by atomic mass is 9.81. The number of pyridine rings is 1. The van der Waals surface area contributed by atoms with Crippen molar-refractivity contribution in [2.45, 2.75) is 37.3 Å². The predicted octanol–water partition coefficient (Wildman–Crippen LogP) is 1.38. The summed E-state index contributed by atoms with van der Waals surface area (Å²) < 4.78 is 29.3. The average Bonchev–Trinajstić information content (AvgIpc) is 2.61. The number of nitrogens with zero attached hydrogens (tertiary/aromatic N) is 2. The van der Waals surface area contributed by atoms with E-state index in [4.69, 9.17) is 5.73 Å². The van der Waals surface area contributed by atoms with E-state index in [1.807, 2.05) is 6.92 Å². The van der Waals surface area contributed by atoms with Gasteiger partial charge >= 0.3 is 0 Å². The number of nitrogens with two attached hydrogens (primary N) is 1. The lowest BCUT2D eigenvalue weighted by molar-refractivity contribution is 0.260. The lowest BCUT2D eigenvalue weighted by Gasteiger charge is -2.31. The fraction of sp³-hybridized carbons (Fsp3) is 0.462. The number of nitrogen functional groups attached to an aromatic ring is 1. The average molecular weight is 294 g/mol. The summed E-state index contributed by atoms with van der Waals surface area (Å²) >= 11 is 0. The number of nitrogens with one attached hydrogen (secondary N) is 1. The van der Waals surface area contributed by atoms with Gasteiger partial charge in [0.25, 0.3) is 10.0 Å². The second-order valence-electron chi connectivity index (χ2n) is 5.33. The molecule has 1 aliphatic carbocycles. The van der Waals surface area contributed by atoms with Gasteiger partial charge in [-0.05, 0) is 37.8 Å². The molecule has 3 N–H and O–H groups in total. The smallest absolute Gasteiger partial charge is 0.260 e. The van der Waals surface area contributed by atoms with Crippen molar-refractivity contribution >= 4 is 21.5 Å². The molecule has 1 saturated carbocycles. The van der Waals surface area contributed by atoms with Crippen molar-refractivity contribution in [1.29, 1.82) is 0 Å². The van der Waals surface area contributed by atoms with Crippen molar-refractivity contribution in [3.63, 3.8) is 0 Å². The van der Waals surface area contributed by atoms with E-state index in [2.05, 4.69) is 9.71 Å². The monoisotopic (exact) mass is 294 g/mol. The first kappa shape index (κ1) is 13.4. The van der Waals surface area contributed by atoms with Crippen LogP contribution in [0.1, 0.15) is 26.2 Å². The Morgan fingerprint density at radius 3 is 2.85 bits per heavy atom. The molecule has 7 heteroatoms. The van der Waals surface area contributed by atoms with Gasteiger partial charge in [-0.2, -0.15) is 0 Å². The number of aromatic nitrogens is 2. The van der Waals surface area contributed by atoms with Gasteiger partial charge < -0.3 is 5.73 Å². The van der Waals surface area contributed by atoms with E-state index in [9.17, 15) is 8.42 Å². The largest absolute Gasteiger partial charge is 0.381 e. The van der Waals surface area contributed by atoms with E-state index in [1.54, 1.807) is 24.4 Å². The summed E-state index contributed by atoms with van der Waals surface area (Å²) in [7, 11) is -3.67. The summed E-state index contributed by atoms with van der Waals surface area (Å²) in [5.74, 6) is 0.453. The van der Waals surface area contributed by atoms with Gasteiger partial charge in [-0.3, -0.25) is 4.40 Å². The van der Waals surface area contributed by atoms with Crippen LogP contribution in [0.5, 0.6) is 0 Å². The van der Waals surface area contributed by atoms with Crippen LogP contribution in [0.3, 0.4) is 0 Å². The maximum absolute atomic E-state index is 12.5. The van der Waals surface area contributed by atoms with Crippen molar-refractivity contribution in [2.24, 2.45) is 5.92 Å². The van der Waals surface area contributed by atoms with Crippen molar-refractivity contribution in [2.75, 3.05) is 5.73 Å². The Bertz CT molecular complexity index is 734. The molecule has 2 heterocycles. The van der Waals surface area contributed by atoms with Gasteiger partial charge in [0.2, 0.25) is 0 Å². The van der Waals surface area contributed by atoms with Gasteiger partial charge in [-0.15, -0.1) is 0 Å². The molecule has 0 aliphatic heterocycles. The molecule has 1 atom stereocenters. The van der Waals surface area contributed by atoms with E-state index < -0.39 is 10.0 Å². The summed E-state index contributed by atoms with van der Waals surface area (Å²) in [6.45, 7) is 1.90. The van der Waals surface area contributed by atoms with Gasteiger partial charge in [0.1, 0.15) is 5.65 Å². The summed E-state index contributed by atoms with van der Waals surface area (Å²) in [5.41, 5.74) is 6.32. The summed E-state index contributed by atoms with van der Waals surface area (Å²) in [6.07, 6.45) is 4.98. The standard InChI is InChI=1S/C13H18N4O2S/c1-9(10-5-4-6-10)16-20(18,19)13-12(14)15-11-7-2-3-8-17(11)13/h2-3,7-10,16H,4-6,14H2,1H3. The fourth-order valence-electron chi connectivity index (χ4n) is 2.60. The van der Waals surface area contributed by atoms with Gasteiger partial charge in [-0.1, -0.05) is 12.5 Å². The SMILES string of the molecule is CC(NS(=O)(=O)c1c(N)nc2ccccn12)C1CCC1. The molecule has 6 nitrogen and oxygen atoms in total. The molecule has 0 amide bonds. The molecule has 3 rings (SSSR count). The van der Waals surface area contributed by atoms with Gasteiger partial charge in [0.05, 0.1) is 0 Å². The van der Waals surface area contributed by atoms with Crippen LogP contribution in [0.4, 0.5) is 5.82 Å².